The molecule has 3 aromatic heterocycles. The molecule has 10 nitrogen and oxygen atoms in total. The van der Waals surface area contributed by atoms with Crippen LogP contribution in [0.5, 0.6) is 0 Å². The van der Waals surface area contributed by atoms with Crippen LogP contribution in [0, 0.1) is 11.1 Å². The fourth-order valence-electron chi connectivity index (χ4n) is 4.52. The second-order valence-corrected chi connectivity index (χ2v) is 9.41. The number of nitrogens with one attached hydrogen (secondary N) is 1. The number of nitrogens with zero attached hydrogens (tertiary/aromatic N) is 6. The van der Waals surface area contributed by atoms with E-state index in [1.54, 1.807) is 30.3 Å². The number of fused-ring (bicyclic) bond motifs is 1. The van der Waals surface area contributed by atoms with Gasteiger partial charge in [-0.25, -0.2) is 9.78 Å². The van der Waals surface area contributed by atoms with E-state index >= 15 is 0 Å². The summed E-state index contributed by atoms with van der Waals surface area (Å²) >= 11 is 6.27. The van der Waals surface area contributed by atoms with Crippen LogP contribution in [-0.2, 0) is 0 Å². The molecule has 0 amide bonds. The smallest absolute Gasteiger partial charge is 0.335 e. The first-order valence-electron chi connectivity index (χ1n) is 11.5. The molecule has 6 rings (SSSR count). The quantitative estimate of drug-likeness (QED) is 0.253. The summed E-state index contributed by atoms with van der Waals surface area (Å²) in [6.45, 7) is 0. The zero-order chi connectivity index (χ0) is 24.8. The van der Waals surface area contributed by atoms with Crippen LogP contribution in [0.25, 0.3) is 27.8 Å². The van der Waals surface area contributed by atoms with Gasteiger partial charge in [0.15, 0.2) is 6.20 Å². The van der Waals surface area contributed by atoms with Gasteiger partial charge in [-0.2, -0.15) is 9.41 Å². The Kier molecular flexibility index (Phi) is 5.37. The van der Waals surface area contributed by atoms with Gasteiger partial charge in [0.1, 0.15) is 18.1 Å². The molecular formula is C25H20ClN7O3. The van der Waals surface area contributed by atoms with Crippen molar-refractivity contribution in [3.8, 4) is 16.8 Å². The minimum Gasteiger partial charge on any atom is -0.618 e. The van der Waals surface area contributed by atoms with Crippen molar-refractivity contribution in [1.82, 2.24) is 30.2 Å². The summed E-state index contributed by atoms with van der Waals surface area (Å²) in [5, 5.41) is 34.6. The van der Waals surface area contributed by atoms with Gasteiger partial charge in [0.2, 0.25) is 5.69 Å². The third-order valence-electron chi connectivity index (χ3n) is 6.51. The summed E-state index contributed by atoms with van der Waals surface area (Å²) in [5.41, 5.74) is 4.11. The number of aromatic nitrogens is 7. The standard InChI is InChI=1S/C25H20ClN7O3/c26-17-5-8-22(32-13-27-30-31-32)18(11-17)16-4-7-23(33(36)12-16)19(9-14-1-2-14)24-28-20-6-3-15(25(34)35)10-21(20)29-24/h3-8,10-14,19H,1-2,9H2,(H,28,29)(H,34,35). The highest BCUT2D eigenvalue weighted by atomic mass is 35.5. The summed E-state index contributed by atoms with van der Waals surface area (Å²) in [6, 6.07) is 13.8. The van der Waals surface area contributed by atoms with Gasteiger partial charge in [0, 0.05) is 22.2 Å². The fraction of sp³-hybridized carbons (Fsp3) is 0.200. The molecule has 0 bridgehead atoms. The number of H-pyrrole nitrogens is 1. The van der Waals surface area contributed by atoms with Gasteiger partial charge >= 0.3 is 5.97 Å². The molecule has 3 heterocycles. The number of hydrogen-bond donors (Lipinski definition) is 2. The molecule has 5 aromatic rings. The zero-order valence-corrected chi connectivity index (χ0v) is 19.6. The Morgan fingerprint density at radius 1 is 1.22 bits per heavy atom. The Balaban J connectivity index is 1.41. The molecular weight excluding hydrogens is 482 g/mol. The van der Waals surface area contributed by atoms with Crippen LogP contribution >= 0.6 is 11.6 Å². The predicted molar refractivity (Wildman–Crippen MR) is 131 cm³/mol. The summed E-state index contributed by atoms with van der Waals surface area (Å²) in [6.07, 6.45) is 6.03. The van der Waals surface area contributed by atoms with Gasteiger partial charge in [-0.05, 0) is 65.2 Å². The van der Waals surface area contributed by atoms with Gasteiger partial charge < -0.3 is 15.3 Å². The molecule has 1 aliphatic carbocycles. The van der Waals surface area contributed by atoms with Crippen LogP contribution < -0.4 is 4.73 Å². The molecule has 1 unspecified atom stereocenters. The second kappa shape index (κ2) is 8.72. The van der Waals surface area contributed by atoms with E-state index in [4.69, 9.17) is 16.6 Å². The van der Waals surface area contributed by atoms with Crippen LogP contribution in [0.4, 0.5) is 0 Å². The third kappa shape index (κ3) is 4.16. The minimum absolute atomic E-state index is 0.180. The molecule has 2 aromatic carbocycles. The van der Waals surface area contributed by atoms with Crippen LogP contribution in [0.2, 0.25) is 5.02 Å². The van der Waals surface area contributed by atoms with E-state index in [2.05, 4.69) is 20.5 Å². The number of carboxylic acids is 1. The highest BCUT2D eigenvalue weighted by Gasteiger charge is 2.33. The fourth-order valence-corrected chi connectivity index (χ4v) is 4.69. The van der Waals surface area contributed by atoms with E-state index in [1.807, 2.05) is 12.1 Å². The van der Waals surface area contributed by atoms with E-state index in [-0.39, 0.29) is 11.5 Å². The van der Waals surface area contributed by atoms with E-state index in [1.165, 1.54) is 23.3 Å². The molecule has 11 heteroatoms. The third-order valence-corrected chi connectivity index (χ3v) is 6.75. The Labute approximate surface area is 209 Å². The average Bonchev–Trinajstić information content (AvgIpc) is 3.34. The zero-order valence-electron chi connectivity index (χ0n) is 18.9. The normalized spacial score (nSPS) is 14.2. The highest BCUT2D eigenvalue weighted by molar-refractivity contribution is 6.31. The van der Waals surface area contributed by atoms with Crippen molar-refractivity contribution < 1.29 is 14.6 Å². The first kappa shape index (κ1) is 22.2. The number of aromatic amines is 1. The average molecular weight is 502 g/mol. The lowest BCUT2D eigenvalue weighted by atomic mass is 9.95. The maximum Gasteiger partial charge on any atom is 0.335 e. The number of halogens is 1. The number of carbonyl (C=O) groups is 1. The van der Waals surface area contributed by atoms with Gasteiger partial charge in [0.05, 0.1) is 22.3 Å². The maximum absolute atomic E-state index is 13.4. The van der Waals surface area contributed by atoms with Crippen molar-refractivity contribution in [2.24, 2.45) is 5.92 Å². The largest absolute Gasteiger partial charge is 0.618 e. The second-order valence-electron chi connectivity index (χ2n) is 8.98. The lowest BCUT2D eigenvalue weighted by Gasteiger charge is -2.16. The number of pyridine rings is 1. The van der Waals surface area contributed by atoms with Gasteiger partial charge in [-0.1, -0.05) is 24.4 Å². The summed E-state index contributed by atoms with van der Waals surface area (Å²) in [4.78, 5) is 19.3. The van der Waals surface area contributed by atoms with Crippen LogP contribution in [0.3, 0.4) is 0 Å². The van der Waals surface area contributed by atoms with Gasteiger partial charge in [-0.3, -0.25) is 0 Å². The number of hydrogen-bond acceptors (Lipinski definition) is 6. The van der Waals surface area contributed by atoms with Crippen molar-refractivity contribution in [2.45, 2.75) is 25.2 Å². The Morgan fingerprint density at radius 2 is 2.08 bits per heavy atom. The Hall–Kier alpha value is -4.31. The Bertz CT molecular complexity index is 1600. The number of carboxylic acid groups (broad SMARTS) is 1. The summed E-state index contributed by atoms with van der Waals surface area (Å²) in [5.74, 6) is -0.0913. The van der Waals surface area contributed by atoms with E-state index < -0.39 is 5.97 Å². The summed E-state index contributed by atoms with van der Waals surface area (Å²) in [7, 11) is 0. The van der Waals surface area contributed by atoms with E-state index in [0.717, 1.165) is 29.6 Å². The van der Waals surface area contributed by atoms with Gasteiger partial charge in [-0.15, -0.1) is 5.10 Å². The number of imidazole rings is 1. The monoisotopic (exact) mass is 501 g/mol. The minimum atomic E-state index is -1.00. The lowest BCUT2D eigenvalue weighted by Crippen LogP contribution is -2.34. The highest BCUT2D eigenvalue weighted by Crippen LogP contribution is 2.41. The summed E-state index contributed by atoms with van der Waals surface area (Å²) < 4.78 is 2.40. The number of rotatable bonds is 7. The van der Waals surface area contributed by atoms with Crippen LogP contribution in [0.15, 0.2) is 61.1 Å². The molecule has 0 spiro atoms. The first-order chi connectivity index (χ1) is 17.5. The molecule has 0 saturated heterocycles. The molecule has 1 aliphatic rings. The first-order valence-corrected chi connectivity index (χ1v) is 11.8. The van der Waals surface area contributed by atoms with E-state index in [0.29, 0.717) is 44.7 Å². The molecule has 180 valence electrons. The lowest BCUT2D eigenvalue weighted by molar-refractivity contribution is -0.614. The molecule has 1 atom stereocenters. The molecule has 0 radical (unpaired) electrons. The number of aromatic carboxylic acids is 1. The molecule has 2 N–H and O–H groups in total. The topological polar surface area (TPSA) is 137 Å². The molecule has 1 saturated carbocycles. The predicted octanol–water partition coefficient (Wildman–Crippen LogP) is 4.12. The van der Waals surface area contributed by atoms with Crippen molar-refractivity contribution in [3.63, 3.8) is 0 Å². The SMILES string of the molecule is O=C(O)c1ccc2nc(C(CC3CC3)c3ccc(-c4cc(Cl)ccc4-n4cnnn4)c[n+]3[O-])[nH]c2c1. The van der Waals surface area contributed by atoms with Crippen molar-refractivity contribution >= 4 is 28.6 Å². The van der Waals surface area contributed by atoms with E-state index in [9.17, 15) is 15.1 Å². The molecule has 1 fully saturated rings. The van der Waals surface area contributed by atoms with Crippen LogP contribution in [-0.4, -0.2) is 41.3 Å². The number of tetrazole rings is 1. The molecule has 36 heavy (non-hydrogen) atoms. The Morgan fingerprint density at radius 3 is 2.81 bits per heavy atom. The maximum atomic E-state index is 13.4. The van der Waals surface area contributed by atoms with Gasteiger partial charge in [0.25, 0.3) is 0 Å². The van der Waals surface area contributed by atoms with Crippen LogP contribution in [0.1, 0.15) is 47.1 Å². The molecule has 0 aliphatic heterocycles. The van der Waals surface area contributed by atoms with Crippen molar-refractivity contribution in [3.05, 3.63) is 88.4 Å². The number of benzene rings is 2. The van der Waals surface area contributed by atoms with Crippen molar-refractivity contribution in [1.29, 1.82) is 0 Å². The van der Waals surface area contributed by atoms with Crippen molar-refractivity contribution in [2.75, 3.05) is 0 Å².